The number of unbranched alkanes of at least 4 members (excludes halogenated alkanes) is 12. The van der Waals surface area contributed by atoms with E-state index in [4.69, 9.17) is 21.3 Å². The fraction of sp³-hybridized carbons (Fsp3) is 1.00. The number of rotatable bonds is 16. The van der Waals surface area contributed by atoms with Crippen LogP contribution in [-0.4, -0.2) is 29.4 Å². The van der Waals surface area contributed by atoms with Crippen LogP contribution in [0.5, 0.6) is 0 Å². The highest BCUT2D eigenvalue weighted by atomic mass is 35.5. The van der Waals surface area contributed by atoms with Crippen molar-refractivity contribution in [3.05, 3.63) is 0 Å². The van der Waals surface area contributed by atoms with Gasteiger partial charge in [0.15, 0.2) is 5.44 Å². The van der Waals surface area contributed by atoms with E-state index in [9.17, 15) is 8.42 Å². The molecule has 6 heteroatoms. The SMILES string of the molecule is O=S(=O)(O)C(O)CCCCCCCCCCCCCCCCl. The average molecular weight is 357 g/mol. The van der Waals surface area contributed by atoms with Crippen LogP contribution in [0.3, 0.4) is 0 Å². The van der Waals surface area contributed by atoms with Gasteiger partial charge in [-0.3, -0.25) is 4.55 Å². The number of hydrogen-bond acceptors (Lipinski definition) is 3. The molecule has 134 valence electrons. The Balaban J connectivity index is 3.15. The van der Waals surface area contributed by atoms with Crippen molar-refractivity contribution in [2.75, 3.05) is 5.88 Å². The minimum absolute atomic E-state index is 0.128. The molecule has 0 amide bonds. The van der Waals surface area contributed by atoms with Crippen molar-refractivity contribution in [1.29, 1.82) is 0 Å². The van der Waals surface area contributed by atoms with E-state index in [1.54, 1.807) is 0 Å². The fourth-order valence-corrected chi connectivity index (χ4v) is 3.16. The van der Waals surface area contributed by atoms with Gasteiger partial charge in [0.05, 0.1) is 0 Å². The summed E-state index contributed by atoms with van der Waals surface area (Å²) >= 11 is 5.63. The van der Waals surface area contributed by atoms with Gasteiger partial charge in [0.2, 0.25) is 0 Å². The topological polar surface area (TPSA) is 74.6 Å². The maximum Gasteiger partial charge on any atom is 0.291 e. The van der Waals surface area contributed by atoms with Crippen LogP contribution in [0.4, 0.5) is 0 Å². The summed E-state index contributed by atoms with van der Waals surface area (Å²) in [5, 5.41) is 9.13. The summed E-state index contributed by atoms with van der Waals surface area (Å²) in [4.78, 5) is 0. The molecule has 4 nitrogen and oxygen atoms in total. The summed E-state index contributed by atoms with van der Waals surface area (Å²) in [5.41, 5.74) is -1.61. The first-order valence-electron chi connectivity index (χ1n) is 8.69. The highest BCUT2D eigenvalue weighted by molar-refractivity contribution is 7.86. The van der Waals surface area contributed by atoms with Gasteiger partial charge in [-0.05, 0) is 19.3 Å². The summed E-state index contributed by atoms with van der Waals surface area (Å²) in [7, 11) is -4.27. The lowest BCUT2D eigenvalue weighted by molar-refractivity contribution is 0.219. The van der Waals surface area contributed by atoms with Crippen LogP contribution in [0.25, 0.3) is 0 Å². The van der Waals surface area contributed by atoms with E-state index >= 15 is 0 Å². The lowest BCUT2D eigenvalue weighted by Crippen LogP contribution is -2.19. The van der Waals surface area contributed by atoms with E-state index in [0.717, 1.165) is 31.6 Å². The summed E-state index contributed by atoms with van der Waals surface area (Å²) in [6.07, 6.45) is 15.4. The van der Waals surface area contributed by atoms with E-state index in [2.05, 4.69) is 0 Å². The van der Waals surface area contributed by atoms with Gasteiger partial charge in [0.1, 0.15) is 0 Å². The molecule has 1 unspecified atom stereocenters. The predicted molar refractivity (Wildman–Crippen MR) is 92.9 cm³/mol. The Bertz CT molecular complexity index is 333. The van der Waals surface area contributed by atoms with Crippen molar-refractivity contribution in [3.8, 4) is 0 Å². The molecule has 0 aromatic heterocycles. The summed E-state index contributed by atoms with van der Waals surface area (Å²) in [6, 6.07) is 0. The lowest BCUT2D eigenvalue weighted by atomic mass is 10.0. The minimum atomic E-state index is -4.27. The van der Waals surface area contributed by atoms with Crippen LogP contribution in [-0.2, 0) is 10.1 Å². The number of aliphatic hydroxyl groups excluding tert-OH is 1. The molecule has 22 heavy (non-hydrogen) atoms. The Morgan fingerprint density at radius 1 is 0.682 bits per heavy atom. The Hall–Kier alpha value is 0.160. The minimum Gasteiger partial charge on any atom is -0.375 e. The highest BCUT2D eigenvalue weighted by Gasteiger charge is 2.18. The molecule has 2 N–H and O–H groups in total. The van der Waals surface area contributed by atoms with Crippen molar-refractivity contribution >= 4 is 21.7 Å². The monoisotopic (exact) mass is 356 g/mol. The van der Waals surface area contributed by atoms with Crippen LogP contribution < -0.4 is 0 Å². The molecule has 0 saturated carbocycles. The first kappa shape index (κ1) is 22.2. The quantitative estimate of drug-likeness (QED) is 0.234. The molecule has 0 spiro atoms. The molecule has 0 fully saturated rings. The van der Waals surface area contributed by atoms with Crippen LogP contribution in [0.2, 0.25) is 0 Å². The van der Waals surface area contributed by atoms with Crippen LogP contribution in [0.15, 0.2) is 0 Å². The molecule has 0 aromatic rings. The molecular formula is C16H33ClO4S. The average Bonchev–Trinajstić information content (AvgIpc) is 2.46. The van der Waals surface area contributed by atoms with Gasteiger partial charge in [-0.15, -0.1) is 11.6 Å². The zero-order valence-corrected chi connectivity index (χ0v) is 15.3. The third-order valence-corrected chi connectivity index (χ3v) is 5.12. The Kier molecular flexibility index (Phi) is 14.8. The Labute approximate surface area is 141 Å². The number of aliphatic hydroxyl groups is 1. The van der Waals surface area contributed by atoms with Gasteiger partial charge in [0.25, 0.3) is 10.1 Å². The molecule has 1 atom stereocenters. The van der Waals surface area contributed by atoms with Gasteiger partial charge in [-0.1, -0.05) is 70.6 Å². The maximum atomic E-state index is 10.6. The number of halogens is 1. The molecule has 0 bridgehead atoms. The molecule has 0 saturated heterocycles. The second-order valence-corrected chi connectivity index (χ2v) is 8.00. The van der Waals surface area contributed by atoms with Gasteiger partial charge in [-0.2, -0.15) is 8.42 Å². The Morgan fingerprint density at radius 2 is 1.00 bits per heavy atom. The molecular weight excluding hydrogens is 324 g/mol. The molecule has 0 aliphatic heterocycles. The second kappa shape index (κ2) is 14.7. The molecule has 0 radical (unpaired) electrons. The normalized spacial score (nSPS) is 13.4. The van der Waals surface area contributed by atoms with E-state index in [0.29, 0.717) is 6.42 Å². The molecule has 0 aliphatic rings. The van der Waals surface area contributed by atoms with E-state index in [-0.39, 0.29) is 6.42 Å². The second-order valence-electron chi connectivity index (χ2n) is 6.04. The predicted octanol–water partition coefficient (Wildman–Crippen LogP) is 4.89. The molecule has 0 heterocycles. The smallest absolute Gasteiger partial charge is 0.291 e. The summed E-state index contributed by atoms with van der Waals surface area (Å²) in [6.45, 7) is 0. The van der Waals surface area contributed by atoms with Crippen molar-refractivity contribution in [1.82, 2.24) is 0 Å². The van der Waals surface area contributed by atoms with Crippen LogP contribution >= 0.6 is 11.6 Å². The Morgan fingerprint density at radius 3 is 1.32 bits per heavy atom. The van der Waals surface area contributed by atoms with Crippen LogP contribution in [0.1, 0.15) is 89.9 Å². The zero-order valence-electron chi connectivity index (χ0n) is 13.7. The zero-order chi connectivity index (χ0) is 16.7. The fourth-order valence-electron chi connectivity index (χ4n) is 2.51. The van der Waals surface area contributed by atoms with E-state index in [1.165, 1.54) is 51.4 Å². The first-order valence-corrected chi connectivity index (χ1v) is 10.7. The molecule has 0 aliphatic carbocycles. The van der Waals surface area contributed by atoms with Gasteiger partial charge < -0.3 is 5.11 Å². The number of alkyl halides is 1. The lowest BCUT2D eigenvalue weighted by Gasteiger charge is -2.06. The van der Waals surface area contributed by atoms with Crippen molar-refractivity contribution in [3.63, 3.8) is 0 Å². The summed E-state index contributed by atoms with van der Waals surface area (Å²) in [5.74, 6) is 0.786. The molecule has 0 aromatic carbocycles. The van der Waals surface area contributed by atoms with Gasteiger partial charge in [-0.25, -0.2) is 0 Å². The number of hydrogen-bond donors (Lipinski definition) is 2. The van der Waals surface area contributed by atoms with Crippen LogP contribution in [0, 0.1) is 0 Å². The third-order valence-electron chi connectivity index (χ3n) is 3.93. The maximum absolute atomic E-state index is 10.6. The first-order chi connectivity index (χ1) is 10.5. The largest absolute Gasteiger partial charge is 0.375 e. The van der Waals surface area contributed by atoms with E-state index in [1.807, 2.05) is 0 Å². The van der Waals surface area contributed by atoms with Crippen molar-refractivity contribution < 1.29 is 18.1 Å². The van der Waals surface area contributed by atoms with Crippen molar-refractivity contribution in [2.24, 2.45) is 0 Å². The van der Waals surface area contributed by atoms with Gasteiger partial charge in [0, 0.05) is 5.88 Å². The standard InChI is InChI=1S/C16H33ClO4S/c17-15-13-11-9-7-5-3-1-2-4-6-8-10-12-14-16(18)22(19,20)21/h16,18H,1-15H2,(H,19,20,21). The summed E-state index contributed by atoms with van der Waals surface area (Å²) < 4.78 is 29.8. The van der Waals surface area contributed by atoms with E-state index < -0.39 is 15.6 Å². The van der Waals surface area contributed by atoms with Crippen molar-refractivity contribution in [2.45, 2.75) is 95.3 Å². The molecule has 0 rings (SSSR count). The third kappa shape index (κ3) is 15.1. The highest BCUT2D eigenvalue weighted by Crippen LogP contribution is 2.14. The van der Waals surface area contributed by atoms with Gasteiger partial charge >= 0.3 is 0 Å².